The maximum atomic E-state index is 16.4. The van der Waals surface area contributed by atoms with Crippen LogP contribution in [-0.4, -0.2) is 119 Å². The Bertz CT molecular complexity index is 2530. The zero-order chi connectivity index (χ0) is 46.8. The number of amides is 3. The first-order chi connectivity index (χ1) is 32.3. The highest BCUT2D eigenvalue weighted by Crippen LogP contribution is 2.45. The normalized spacial score (nSPS) is 20.3. The fourth-order valence-electron chi connectivity index (χ4n) is 9.94. The zero-order valence-electron chi connectivity index (χ0n) is 38.0. The second-order valence-electron chi connectivity index (χ2n) is 18.9. The summed E-state index contributed by atoms with van der Waals surface area (Å²) in [5.41, 5.74) is 4.50. The molecule has 9 rings (SSSR count). The number of rotatable bonds is 11. The number of imidazole rings is 1. The van der Waals surface area contributed by atoms with Gasteiger partial charge >= 0.3 is 12.2 Å². The van der Waals surface area contributed by atoms with E-state index in [1.165, 1.54) is 9.80 Å². The summed E-state index contributed by atoms with van der Waals surface area (Å²) in [6, 6.07) is 28.0. The first-order valence-corrected chi connectivity index (χ1v) is 23.1. The third-order valence-electron chi connectivity index (χ3n) is 13.2. The summed E-state index contributed by atoms with van der Waals surface area (Å²) >= 11 is 0. The van der Waals surface area contributed by atoms with Crippen molar-refractivity contribution in [1.82, 2.24) is 24.3 Å². The molecule has 3 aliphatic heterocycles. The van der Waals surface area contributed by atoms with Crippen LogP contribution in [0.2, 0.25) is 0 Å². The predicted molar refractivity (Wildman–Crippen MR) is 244 cm³/mol. The number of hydrogen-bond donors (Lipinski definition) is 0. The molecule has 1 aromatic heterocycles. The minimum atomic E-state index is -1.52. The second kappa shape index (κ2) is 19.6. The highest BCUT2D eigenvalue weighted by atomic mass is 19.1. The van der Waals surface area contributed by atoms with Gasteiger partial charge in [-0.05, 0) is 85.5 Å². The molecule has 15 heteroatoms. The number of fused-ring (bicyclic) bond motifs is 3. The second-order valence-corrected chi connectivity index (χ2v) is 18.9. The number of nitrogens with zero attached hydrogens (tertiary/aromatic N) is 5. The quantitative estimate of drug-likeness (QED) is 0.129. The van der Waals surface area contributed by atoms with Gasteiger partial charge in [-0.15, -0.1) is 0 Å². The van der Waals surface area contributed by atoms with E-state index < -0.39 is 59.6 Å². The van der Waals surface area contributed by atoms with E-state index >= 15 is 13.6 Å². The van der Waals surface area contributed by atoms with Crippen molar-refractivity contribution < 1.29 is 46.5 Å². The fourth-order valence-corrected chi connectivity index (χ4v) is 9.94. The molecule has 12 nitrogen and oxygen atoms in total. The number of hydrogen-bond acceptors (Lipinski definition) is 8. The molecule has 3 amide bonds. The minimum Gasteiger partial charge on any atom is -0.448 e. The molecule has 0 N–H and O–H groups in total. The highest BCUT2D eigenvalue weighted by molar-refractivity contribution is 5.83. The Morgan fingerprint density at radius 3 is 2.21 bits per heavy atom. The molecule has 0 unspecified atom stereocenters. The smallest absolute Gasteiger partial charge is 0.410 e. The average Bonchev–Trinajstić information content (AvgIpc) is 4.01. The number of halogens is 3. The van der Waals surface area contributed by atoms with Crippen LogP contribution < -0.4 is 0 Å². The van der Waals surface area contributed by atoms with Gasteiger partial charge in [-0.3, -0.25) is 4.79 Å². The van der Waals surface area contributed by atoms with Gasteiger partial charge in [-0.25, -0.2) is 27.7 Å². The van der Waals surface area contributed by atoms with Gasteiger partial charge in [0, 0.05) is 63.0 Å². The van der Waals surface area contributed by atoms with E-state index in [1.54, 1.807) is 31.9 Å². The summed E-state index contributed by atoms with van der Waals surface area (Å²) in [4.78, 5) is 52.2. The maximum absolute atomic E-state index is 16.4. The van der Waals surface area contributed by atoms with Gasteiger partial charge < -0.3 is 38.2 Å². The molecule has 0 saturated carbocycles. The van der Waals surface area contributed by atoms with Crippen LogP contribution in [0.15, 0.2) is 103 Å². The number of alkyl halides is 1. The van der Waals surface area contributed by atoms with E-state index in [0.29, 0.717) is 31.9 Å². The molecular formula is C52H56F3N5O7. The van der Waals surface area contributed by atoms with Crippen LogP contribution in [0.25, 0.3) is 22.4 Å². The highest BCUT2D eigenvalue weighted by Gasteiger charge is 2.46. The van der Waals surface area contributed by atoms with E-state index in [2.05, 4.69) is 12.1 Å². The third kappa shape index (κ3) is 10.1. The largest absolute Gasteiger partial charge is 0.448 e. The molecule has 3 fully saturated rings. The Hall–Kier alpha value is -6.19. The molecule has 0 bridgehead atoms. The van der Waals surface area contributed by atoms with Gasteiger partial charge in [-0.1, -0.05) is 78.9 Å². The maximum Gasteiger partial charge on any atom is 0.410 e. The van der Waals surface area contributed by atoms with Gasteiger partial charge in [0.25, 0.3) is 5.91 Å². The van der Waals surface area contributed by atoms with Crippen molar-refractivity contribution in [3.8, 4) is 22.4 Å². The fraction of sp³-hybridized carbons (Fsp3) is 0.423. The first kappa shape index (κ1) is 45.9. The van der Waals surface area contributed by atoms with Crippen LogP contribution in [0, 0.1) is 23.5 Å². The lowest BCUT2D eigenvalue weighted by Gasteiger charge is -2.42. The third-order valence-corrected chi connectivity index (χ3v) is 13.2. The molecule has 4 aromatic carbocycles. The van der Waals surface area contributed by atoms with Crippen molar-refractivity contribution in [1.29, 1.82) is 0 Å². The number of likely N-dealkylation sites (tertiary alicyclic amines) is 1. The molecule has 352 valence electrons. The van der Waals surface area contributed by atoms with E-state index in [-0.39, 0.29) is 75.6 Å². The summed E-state index contributed by atoms with van der Waals surface area (Å²) in [6.45, 7) is 5.97. The predicted octanol–water partition coefficient (Wildman–Crippen LogP) is 9.03. The number of benzene rings is 4. The summed E-state index contributed by atoms with van der Waals surface area (Å²) < 4.78 is 72.3. The number of carbonyl (C=O) groups excluding carboxylic acids is 3. The molecule has 0 radical (unpaired) electrons. The van der Waals surface area contributed by atoms with Gasteiger partial charge in [0.05, 0.1) is 31.4 Å². The minimum absolute atomic E-state index is 0.0313. The first-order valence-electron chi connectivity index (χ1n) is 23.1. The van der Waals surface area contributed by atoms with Gasteiger partial charge in [0.2, 0.25) is 0 Å². The number of ether oxygens (including phenoxy) is 4. The van der Waals surface area contributed by atoms with Crippen LogP contribution in [0.1, 0.15) is 68.1 Å². The van der Waals surface area contributed by atoms with Crippen molar-refractivity contribution in [3.05, 3.63) is 137 Å². The van der Waals surface area contributed by atoms with Crippen molar-refractivity contribution in [2.45, 2.75) is 70.0 Å². The summed E-state index contributed by atoms with van der Waals surface area (Å²) in [5, 5.41) is 0. The van der Waals surface area contributed by atoms with Crippen molar-refractivity contribution in [2.75, 3.05) is 59.2 Å². The number of aromatic nitrogens is 2. The zero-order valence-corrected chi connectivity index (χ0v) is 38.0. The molecule has 4 atom stereocenters. The summed E-state index contributed by atoms with van der Waals surface area (Å²) in [5.74, 6) is -2.76. The average molecular weight is 920 g/mol. The molecule has 5 aromatic rings. The molecule has 0 spiro atoms. The summed E-state index contributed by atoms with van der Waals surface area (Å²) in [7, 11) is 0. The van der Waals surface area contributed by atoms with Crippen LogP contribution in [-0.2, 0) is 30.3 Å². The van der Waals surface area contributed by atoms with Crippen LogP contribution in [0.4, 0.5) is 22.8 Å². The van der Waals surface area contributed by atoms with Crippen molar-refractivity contribution in [2.24, 2.45) is 11.8 Å². The Balaban J connectivity index is 1.06. The standard InChI is InChI=1S/C52H56F3N5O7/c1-52(2,3)67-51(63)59-27-35(44(55)29-59)28-60(49(61)46-31-57(21-24-65-46)50(62)66-32-42-39-15-9-7-13-37(39)38-14-8-10-16-40(38)42)47(34-19-22-64-23-20-34)48-56-45(41-25-36(53)17-18-43(41)54)30-58(48)26-33-11-5-4-6-12-33/h4-18,25,30,34-35,42,44,46-47H,19-24,26-29,31-32H2,1-3H3/t35-,44-,46-,47+/m0/s1. The van der Waals surface area contributed by atoms with E-state index in [0.717, 1.165) is 46.0 Å². The van der Waals surface area contributed by atoms with E-state index in [9.17, 15) is 14.0 Å². The lowest BCUT2D eigenvalue weighted by Crippen LogP contribution is -2.55. The lowest BCUT2D eigenvalue weighted by molar-refractivity contribution is -0.154. The Morgan fingerprint density at radius 2 is 1.51 bits per heavy atom. The molecule has 3 saturated heterocycles. The number of morpholine rings is 1. The van der Waals surface area contributed by atoms with Crippen LogP contribution >= 0.6 is 0 Å². The SMILES string of the molecule is CC(C)(C)OC(=O)N1C[C@@H](CN(C(=O)[C@@H]2CN(C(=O)OCC3c4ccccc4-c4ccccc43)CCO2)[C@@H](c2nc(-c3cc(F)ccc3F)cn2Cc2ccccc2)C2CCOCC2)[C@@H](F)C1. The van der Waals surface area contributed by atoms with Crippen molar-refractivity contribution >= 4 is 18.1 Å². The van der Waals surface area contributed by atoms with E-state index in [1.807, 2.05) is 71.3 Å². The summed E-state index contributed by atoms with van der Waals surface area (Å²) in [6.07, 6.45) is -1.31. The van der Waals surface area contributed by atoms with Crippen LogP contribution in [0.3, 0.4) is 0 Å². The molecule has 67 heavy (non-hydrogen) atoms. The molecule has 4 heterocycles. The monoisotopic (exact) mass is 919 g/mol. The van der Waals surface area contributed by atoms with Crippen LogP contribution in [0.5, 0.6) is 0 Å². The molecule has 1 aliphatic carbocycles. The Labute approximate surface area is 388 Å². The van der Waals surface area contributed by atoms with Gasteiger partial charge in [0.15, 0.2) is 6.10 Å². The Kier molecular flexibility index (Phi) is 13.4. The van der Waals surface area contributed by atoms with Crippen molar-refractivity contribution in [3.63, 3.8) is 0 Å². The van der Waals surface area contributed by atoms with Gasteiger partial charge in [-0.2, -0.15) is 0 Å². The molecule has 4 aliphatic rings. The number of carbonyl (C=O) groups is 3. The van der Waals surface area contributed by atoms with Gasteiger partial charge in [0.1, 0.15) is 35.8 Å². The van der Waals surface area contributed by atoms with E-state index in [4.69, 9.17) is 23.9 Å². The Morgan fingerprint density at radius 1 is 0.821 bits per heavy atom. The lowest BCUT2D eigenvalue weighted by atomic mass is 9.88. The molecular weight excluding hydrogens is 864 g/mol. The topological polar surface area (TPSA) is 116 Å².